The molecular formula is C15H15ClFN3O2S. The fourth-order valence-corrected chi connectivity index (χ4v) is 4.26. The fourth-order valence-electron chi connectivity index (χ4n) is 2.57. The molecule has 0 radical (unpaired) electrons. The van der Waals surface area contributed by atoms with Crippen LogP contribution in [0.5, 0.6) is 0 Å². The smallest absolute Gasteiger partial charge is 0.243 e. The van der Waals surface area contributed by atoms with E-state index >= 15 is 0 Å². The molecule has 1 fully saturated rings. The molecule has 1 saturated heterocycles. The van der Waals surface area contributed by atoms with Gasteiger partial charge in [-0.25, -0.2) is 12.8 Å². The Morgan fingerprint density at radius 2 is 1.87 bits per heavy atom. The molecule has 0 aliphatic carbocycles. The maximum atomic E-state index is 13.3. The summed E-state index contributed by atoms with van der Waals surface area (Å²) in [5, 5.41) is 0.536. The highest BCUT2D eigenvalue weighted by atomic mass is 35.5. The van der Waals surface area contributed by atoms with Crippen molar-refractivity contribution in [3.05, 3.63) is 53.6 Å². The molecule has 0 amide bonds. The van der Waals surface area contributed by atoms with Crippen LogP contribution in [-0.4, -0.2) is 43.9 Å². The number of halogens is 2. The fraction of sp³-hybridized carbons (Fsp3) is 0.267. The Morgan fingerprint density at radius 1 is 1.13 bits per heavy atom. The second-order valence-corrected chi connectivity index (χ2v) is 7.52. The highest BCUT2D eigenvalue weighted by Gasteiger charge is 2.29. The molecule has 0 N–H and O–H groups in total. The van der Waals surface area contributed by atoms with Crippen LogP contribution in [0.25, 0.3) is 0 Å². The number of benzene rings is 1. The normalized spacial score (nSPS) is 16.5. The lowest BCUT2D eigenvalue weighted by Crippen LogP contribution is -2.48. The first-order valence-electron chi connectivity index (χ1n) is 7.08. The molecule has 23 heavy (non-hydrogen) atoms. The Hall–Kier alpha value is -1.70. The highest BCUT2D eigenvalue weighted by Crippen LogP contribution is 2.26. The van der Waals surface area contributed by atoms with Crippen molar-refractivity contribution in [3.63, 3.8) is 0 Å². The van der Waals surface area contributed by atoms with Gasteiger partial charge in [0.2, 0.25) is 10.0 Å². The molecule has 5 nitrogen and oxygen atoms in total. The SMILES string of the molecule is O=S(=O)(c1cccc(F)c1)N1CCN(c2ccncc2Cl)CC1. The van der Waals surface area contributed by atoms with E-state index in [2.05, 4.69) is 4.98 Å². The molecule has 0 bridgehead atoms. The number of piperazine rings is 1. The van der Waals surface area contributed by atoms with Crippen LogP contribution in [0.4, 0.5) is 10.1 Å². The molecular weight excluding hydrogens is 341 g/mol. The molecule has 0 spiro atoms. The van der Waals surface area contributed by atoms with Gasteiger partial charge in [-0.2, -0.15) is 4.31 Å². The number of pyridine rings is 1. The maximum Gasteiger partial charge on any atom is 0.243 e. The van der Waals surface area contributed by atoms with Gasteiger partial charge in [-0.05, 0) is 24.3 Å². The lowest BCUT2D eigenvalue weighted by Gasteiger charge is -2.35. The zero-order valence-corrected chi connectivity index (χ0v) is 13.8. The van der Waals surface area contributed by atoms with E-state index in [4.69, 9.17) is 11.6 Å². The van der Waals surface area contributed by atoms with E-state index in [1.54, 1.807) is 18.5 Å². The lowest BCUT2D eigenvalue weighted by atomic mass is 10.3. The van der Waals surface area contributed by atoms with Crippen molar-refractivity contribution in [2.75, 3.05) is 31.1 Å². The van der Waals surface area contributed by atoms with Crippen LogP contribution in [0.3, 0.4) is 0 Å². The van der Waals surface area contributed by atoms with Gasteiger partial charge in [0.1, 0.15) is 5.82 Å². The minimum atomic E-state index is -3.68. The Bertz CT molecular complexity index is 808. The molecule has 3 rings (SSSR count). The van der Waals surface area contributed by atoms with Gasteiger partial charge in [-0.3, -0.25) is 4.98 Å². The summed E-state index contributed by atoms with van der Waals surface area (Å²) in [6.07, 6.45) is 3.21. The van der Waals surface area contributed by atoms with Crippen LogP contribution in [0.2, 0.25) is 5.02 Å². The number of sulfonamides is 1. The van der Waals surface area contributed by atoms with Crippen LogP contribution in [0, 0.1) is 5.82 Å². The first-order chi connectivity index (χ1) is 11.0. The van der Waals surface area contributed by atoms with Gasteiger partial charge >= 0.3 is 0 Å². The predicted octanol–water partition coefficient (Wildman–Crippen LogP) is 2.39. The first kappa shape index (κ1) is 16.2. The van der Waals surface area contributed by atoms with E-state index < -0.39 is 15.8 Å². The average molecular weight is 356 g/mol. The summed E-state index contributed by atoms with van der Waals surface area (Å²) in [6.45, 7) is 1.66. The van der Waals surface area contributed by atoms with Crippen molar-refractivity contribution < 1.29 is 12.8 Å². The Kier molecular flexibility index (Phi) is 4.52. The first-order valence-corrected chi connectivity index (χ1v) is 8.90. The molecule has 1 aliphatic rings. The average Bonchev–Trinajstić information content (AvgIpc) is 2.55. The molecule has 0 atom stereocenters. The summed E-state index contributed by atoms with van der Waals surface area (Å²) >= 11 is 6.12. The number of rotatable bonds is 3. The standard InChI is InChI=1S/C15H15ClFN3O2S/c16-14-11-18-5-4-15(14)19-6-8-20(9-7-19)23(21,22)13-3-1-2-12(17)10-13/h1-5,10-11H,6-9H2. The van der Waals surface area contributed by atoms with E-state index in [0.29, 0.717) is 31.2 Å². The molecule has 2 aromatic rings. The topological polar surface area (TPSA) is 53.5 Å². The van der Waals surface area contributed by atoms with E-state index in [0.717, 1.165) is 11.8 Å². The Morgan fingerprint density at radius 3 is 2.52 bits per heavy atom. The van der Waals surface area contributed by atoms with Gasteiger partial charge in [-0.1, -0.05) is 17.7 Å². The van der Waals surface area contributed by atoms with Gasteiger partial charge < -0.3 is 4.90 Å². The predicted molar refractivity (Wildman–Crippen MR) is 86.6 cm³/mol. The van der Waals surface area contributed by atoms with Gasteiger partial charge in [0.25, 0.3) is 0 Å². The molecule has 122 valence electrons. The van der Waals surface area contributed by atoms with Gasteiger partial charge in [-0.15, -0.1) is 0 Å². The zero-order chi connectivity index (χ0) is 16.4. The zero-order valence-electron chi connectivity index (χ0n) is 12.2. The second kappa shape index (κ2) is 6.43. The summed E-state index contributed by atoms with van der Waals surface area (Å²) < 4.78 is 39.8. The summed E-state index contributed by atoms with van der Waals surface area (Å²) in [7, 11) is -3.68. The highest BCUT2D eigenvalue weighted by molar-refractivity contribution is 7.89. The minimum Gasteiger partial charge on any atom is -0.368 e. The van der Waals surface area contributed by atoms with Crippen molar-refractivity contribution in [1.29, 1.82) is 0 Å². The van der Waals surface area contributed by atoms with Crippen molar-refractivity contribution in [1.82, 2.24) is 9.29 Å². The summed E-state index contributed by atoms with van der Waals surface area (Å²) in [6, 6.07) is 6.88. The monoisotopic (exact) mass is 355 g/mol. The van der Waals surface area contributed by atoms with Gasteiger partial charge in [0.15, 0.2) is 0 Å². The summed E-state index contributed by atoms with van der Waals surface area (Å²) in [5.41, 5.74) is 0.837. The maximum absolute atomic E-state index is 13.3. The number of anilines is 1. The number of aromatic nitrogens is 1. The van der Waals surface area contributed by atoms with Crippen molar-refractivity contribution in [2.45, 2.75) is 4.90 Å². The molecule has 1 aliphatic heterocycles. The van der Waals surface area contributed by atoms with E-state index in [1.807, 2.05) is 4.90 Å². The third-order valence-electron chi connectivity index (χ3n) is 3.76. The molecule has 2 heterocycles. The summed E-state index contributed by atoms with van der Waals surface area (Å²) in [5.74, 6) is -0.562. The van der Waals surface area contributed by atoms with Gasteiger partial charge in [0.05, 0.1) is 15.6 Å². The summed E-state index contributed by atoms with van der Waals surface area (Å²) in [4.78, 5) is 5.94. The molecule has 1 aromatic carbocycles. The van der Waals surface area contributed by atoms with Crippen LogP contribution in [-0.2, 0) is 10.0 Å². The molecule has 0 saturated carbocycles. The Labute approximate surface area is 139 Å². The molecule has 0 unspecified atom stereocenters. The largest absolute Gasteiger partial charge is 0.368 e. The van der Waals surface area contributed by atoms with Crippen molar-refractivity contribution in [3.8, 4) is 0 Å². The van der Waals surface area contributed by atoms with E-state index in [9.17, 15) is 12.8 Å². The van der Waals surface area contributed by atoms with Crippen LogP contribution in [0.1, 0.15) is 0 Å². The van der Waals surface area contributed by atoms with Crippen LogP contribution >= 0.6 is 11.6 Å². The second-order valence-electron chi connectivity index (χ2n) is 5.18. The Balaban J connectivity index is 1.75. The third-order valence-corrected chi connectivity index (χ3v) is 5.95. The van der Waals surface area contributed by atoms with Crippen molar-refractivity contribution in [2.24, 2.45) is 0 Å². The number of hydrogen-bond donors (Lipinski definition) is 0. The minimum absolute atomic E-state index is 0.0205. The lowest BCUT2D eigenvalue weighted by molar-refractivity contribution is 0.384. The molecule has 1 aromatic heterocycles. The third kappa shape index (κ3) is 3.31. The quantitative estimate of drug-likeness (QED) is 0.848. The van der Waals surface area contributed by atoms with Crippen LogP contribution < -0.4 is 4.90 Å². The number of nitrogens with zero attached hydrogens (tertiary/aromatic N) is 3. The molecule has 8 heteroatoms. The van der Waals surface area contributed by atoms with Crippen molar-refractivity contribution >= 4 is 27.3 Å². The van der Waals surface area contributed by atoms with E-state index in [1.165, 1.54) is 22.5 Å². The number of hydrogen-bond acceptors (Lipinski definition) is 4. The van der Waals surface area contributed by atoms with Gasteiger partial charge in [0, 0.05) is 38.6 Å². The van der Waals surface area contributed by atoms with E-state index in [-0.39, 0.29) is 4.90 Å². The van der Waals surface area contributed by atoms with Crippen LogP contribution in [0.15, 0.2) is 47.6 Å².